The topological polar surface area (TPSA) is 86.9 Å². The number of ether oxygens (including phenoxy) is 1. The quantitative estimate of drug-likeness (QED) is 0.355. The molecular weight excluding hydrogens is 468 g/mol. The lowest BCUT2D eigenvalue weighted by Crippen LogP contribution is -2.30. The highest BCUT2D eigenvalue weighted by atomic mass is 35.5. The Bertz CT molecular complexity index is 1470. The molecule has 1 aliphatic heterocycles. The molecule has 2 bridgehead atoms. The summed E-state index contributed by atoms with van der Waals surface area (Å²) in [4.78, 5) is 15.5. The number of anilines is 1. The minimum atomic E-state index is -1.63. The van der Waals surface area contributed by atoms with Crippen LogP contribution in [0, 0.1) is 5.82 Å². The molecule has 0 saturated carbocycles. The Morgan fingerprint density at radius 3 is 2.86 bits per heavy atom. The largest absolute Gasteiger partial charge is 0.485 e. The maximum atomic E-state index is 14.3. The number of carbonyl (C=O) groups is 1. The van der Waals surface area contributed by atoms with Gasteiger partial charge in [-0.15, -0.1) is 0 Å². The Balaban J connectivity index is 1.88. The van der Waals surface area contributed by atoms with Gasteiger partial charge in [-0.3, -0.25) is 14.2 Å². The molecule has 0 spiro atoms. The van der Waals surface area contributed by atoms with E-state index in [-0.39, 0.29) is 23.3 Å². The van der Waals surface area contributed by atoms with Crippen LogP contribution in [0.15, 0.2) is 36.7 Å². The fourth-order valence-corrected chi connectivity index (χ4v) is 4.70. The van der Waals surface area contributed by atoms with Gasteiger partial charge in [-0.05, 0) is 42.0 Å². The van der Waals surface area contributed by atoms with Crippen LogP contribution in [-0.4, -0.2) is 46.6 Å². The van der Waals surface area contributed by atoms with Gasteiger partial charge in [0.25, 0.3) is 0 Å². The van der Waals surface area contributed by atoms with Gasteiger partial charge in [0.2, 0.25) is 6.41 Å². The molecule has 1 amide bonds. The molecule has 35 heavy (non-hydrogen) atoms. The van der Waals surface area contributed by atoms with Gasteiger partial charge in [0.15, 0.2) is 16.7 Å². The van der Waals surface area contributed by atoms with Crippen LogP contribution < -0.4 is 10.1 Å². The van der Waals surface area contributed by atoms with Crippen LogP contribution in [0.1, 0.15) is 23.6 Å². The number of carbonyl (C=O) groups excluding carboxylic acids is 1. The molecule has 8 nitrogen and oxygen atoms in total. The summed E-state index contributed by atoms with van der Waals surface area (Å²) >= 11 is 6.63. The molecule has 1 aliphatic rings. The van der Waals surface area contributed by atoms with E-state index in [9.17, 15) is 9.18 Å². The van der Waals surface area contributed by atoms with Crippen molar-refractivity contribution in [3.63, 3.8) is 0 Å². The van der Waals surface area contributed by atoms with Crippen molar-refractivity contribution in [2.45, 2.75) is 25.3 Å². The second-order valence-corrected chi connectivity index (χ2v) is 8.55. The number of aryl methyl sites for hydroxylation is 2. The predicted octanol–water partition coefficient (Wildman–Crippen LogP) is 3.16. The van der Waals surface area contributed by atoms with Crippen LogP contribution in [-0.2, 0) is 30.2 Å². The number of hydrogen-bond acceptors (Lipinski definition) is 5. The third-order valence-corrected chi connectivity index (χ3v) is 6.19. The maximum Gasteiger partial charge on any atom is 0.212 e. The first-order chi connectivity index (χ1) is 16.7. The Kier molecular flexibility index (Phi) is 5.67. The van der Waals surface area contributed by atoms with Crippen molar-refractivity contribution in [2.75, 3.05) is 5.32 Å². The summed E-state index contributed by atoms with van der Waals surface area (Å²) in [6, 6.07) is 5.96. The summed E-state index contributed by atoms with van der Waals surface area (Å²) in [7, 11) is 15.4. The van der Waals surface area contributed by atoms with Gasteiger partial charge < -0.3 is 10.1 Å². The molecule has 1 N–H and O–H groups in total. The highest BCUT2D eigenvalue weighted by Crippen LogP contribution is 2.44. The first-order valence-electron chi connectivity index (χ1n) is 10.8. The highest BCUT2D eigenvalue weighted by molar-refractivity contribution is 6.45. The Labute approximate surface area is 208 Å². The zero-order valence-corrected chi connectivity index (χ0v) is 19.7. The molecule has 0 saturated heterocycles. The van der Waals surface area contributed by atoms with E-state index in [1.54, 1.807) is 40.9 Å². The average Bonchev–Trinajstić information content (AvgIpc) is 3.38. The molecule has 0 unspecified atom stereocenters. The molecule has 5 rings (SSSR count). The van der Waals surface area contributed by atoms with Gasteiger partial charge in [0.1, 0.15) is 12.4 Å². The van der Waals surface area contributed by atoms with Crippen LogP contribution in [0.4, 0.5) is 10.2 Å². The van der Waals surface area contributed by atoms with E-state index in [2.05, 4.69) is 20.5 Å². The van der Waals surface area contributed by atoms with Gasteiger partial charge in [-0.25, -0.2) is 9.37 Å². The van der Waals surface area contributed by atoms with Crippen LogP contribution in [0.2, 0.25) is 5.15 Å². The highest BCUT2D eigenvalue weighted by Gasteiger charge is 2.36. The maximum absolute atomic E-state index is 14.3. The van der Waals surface area contributed by atoms with Crippen molar-refractivity contribution in [1.82, 2.24) is 24.5 Å². The summed E-state index contributed by atoms with van der Waals surface area (Å²) in [6.45, 7) is 2.34. The molecule has 4 heterocycles. The number of rotatable bonds is 3. The number of nitrogens with zero attached hydrogens (tertiary/aromatic N) is 5. The number of fused-ring (bicyclic) bond motifs is 7. The minimum absolute atomic E-state index is 0.0371. The van der Waals surface area contributed by atoms with Gasteiger partial charge in [-0.1, -0.05) is 11.6 Å². The zero-order chi connectivity index (χ0) is 24.9. The van der Waals surface area contributed by atoms with E-state index in [0.29, 0.717) is 52.2 Å². The summed E-state index contributed by atoms with van der Waals surface area (Å²) in [5.41, 5.74) is 3.49. The van der Waals surface area contributed by atoms with E-state index in [0.717, 1.165) is 0 Å². The van der Waals surface area contributed by atoms with Crippen LogP contribution >= 0.6 is 11.6 Å². The van der Waals surface area contributed by atoms with Crippen molar-refractivity contribution in [3.05, 3.63) is 64.3 Å². The van der Waals surface area contributed by atoms with Crippen molar-refractivity contribution >= 4 is 39.5 Å². The number of hydrogen-bond donors (Lipinski definition) is 1. The summed E-state index contributed by atoms with van der Waals surface area (Å²) in [5.74, 6) is 0.00723. The van der Waals surface area contributed by atoms with Gasteiger partial charge in [0.05, 0.1) is 27.1 Å². The fourth-order valence-electron chi connectivity index (χ4n) is 4.36. The number of amides is 1. The standard InChI is InChI=1S/C23H18B2ClFN6O2/c1-3-33-20-12-7-17(22(28-8-12)29-11-34)35-10-13-6-14(27)4-5-15(13)19-16(9-32(2)30-19)23(24,25)18(20)21(26)31-33/h4-9,11H,3,10H2,1-2H3,(H,28,29,34). The number of aromatic nitrogens is 5. The third-order valence-electron chi connectivity index (χ3n) is 5.92. The molecule has 0 aliphatic carbocycles. The smallest absolute Gasteiger partial charge is 0.212 e. The first kappa shape index (κ1) is 23.2. The van der Waals surface area contributed by atoms with E-state index in [1.807, 2.05) is 6.92 Å². The minimum Gasteiger partial charge on any atom is -0.485 e. The number of pyridine rings is 1. The number of halogens is 2. The van der Waals surface area contributed by atoms with E-state index >= 15 is 0 Å². The van der Waals surface area contributed by atoms with Gasteiger partial charge >= 0.3 is 0 Å². The Morgan fingerprint density at radius 2 is 2.11 bits per heavy atom. The predicted molar refractivity (Wildman–Crippen MR) is 131 cm³/mol. The molecule has 12 heteroatoms. The normalized spacial score (nSPS) is 13.9. The molecule has 172 valence electrons. The van der Waals surface area contributed by atoms with Crippen molar-refractivity contribution in [2.24, 2.45) is 7.05 Å². The Morgan fingerprint density at radius 1 is 1.31 bits per heavy atom. The second-order valence-electron chi connectivity index (χ2n) is 8.19. The summed E-state index contributed by atoms with van der Waals surface area (Å²) in [5, 5.41) is 10.1. The SMILES string of the molecule is [B]C1([B])c2cn(C)nc2-c2ccc(F)cc2COc2cc(cnc2NC=O)-c2c1c(Cl)nn2CC. The fraction of sp³-hybridized carbons (Fsp3) is 0.217. The zero-order valence-electron chi connectivity index (χ0n) is 18.9. The molecular formula is C23H18B2ClFN6O2. The number of benzene rings is 1. The van der Waals surface area contributed by atoms with Crippen LogP contribution in [0.5, 0.6) is 5.75 Å². The van der Waals surface area contributed by atoms with Gasteiger partial charge in [-0.2, -0.15) is 10.2 Å². The number of nitrogens with one attached hydrogen (secondary N) is 1. The van der Waals surface area contributed by atoms with Crippen molar-refractivity contribution in [1.29, 1.82) is 0 Å². The van der Waals surface area contributed by atoms with Gasteiger partial charge in [0, 0.05) is 48.2 Å². The first-order valence-corrected chi connectivity index (χ1v) is 11.1. The molecule has 4 aromatic rings. The lowest BCUT2D eigenvalue weighted by atomic mass is 9.47. The molecule has 0 fully saturated rings. The lowest BCUT2D eigenvalue weighted by Gasteiger charge is -2.28. The van der Waals surface area contributed by atoms with E-state index in [1.165, 1.54) is 12.1 Å². The third kappa shape index (κ3) is 3.80. The molecule has 0 atom stereocenters. The van der Waals surface area contributed by atoms with Crippen molar-refractivity contribution in [3.8, 4) is 28.3 Å². The average molecular weight is 487 g/mol. The van der Waals surface area contributed by atoms with E-state index < -0.39 is 11.0 Å². The molecule has 3 aromatic heterocycles. The van der Waals surface area contributed by atoms with Crippen molar-refractivity contribution < 1.29 is 13.9 Å². The monoisotopic (exact) mass is 486 g/mol. The van der Waals surface area contributed by atoms with Crippen LogP contribution in [0.25, 0.3) is 22.5 Å². The lowest BCUT2D eigenvalue weighted by molar-refractivity contribution is -0.105. The second kappa shape index (κ2) is 8.57. The Hall–Kier alpha value is -3.59. The van der Waals surface area contributed by atoms with E-state index in [4.69, 9.17) is 32.0 Å². The molecule has 1 aromatic carbocycles. The summed E-state index contributed by atoms with van der Waals surface area (Å²) in [6.07, 6.45) is 3.75. The summed E-state index contributed by atoms with van der Waals surface area (Å²) < 4.78 is 23.6. The molecule has 4 radical (unpaired) electrons. The van der Waals surface area contributed by atoms with Crippen LogP contribution in [0.3, 0.4) is 0 Å².